The van der Waals surface area contributed by atoms with E-state index in [-0.39, 0.29) is 18.2 Å². The van der Waals surface area contributed by atoms with E-state index in [9.17, 15) is 9.59 Å². The van der Waals surface area contributed by atoms with Gasteiger partial charge in [0.2, 0.25) is 0 Å². The second kappa shape index (κ2) is 11.0. The third-order valence-electron chi connectivity index (χ3n) is 8.66. The number of ketones is 1. The molecule has 2 saturated heterocycles. The molecular weight excluding hydrogens is 537 g/mol. The van der Waals surface area contributed by atoms with Crippen molar-refractivity contribution >= 4 is 37.0 Å². The predicted molar refractivity (Wildman–Crippen MR) is 165 cm³/mol. The Labute approximate surface area is 245 Å². The van der Waals surface area contributed by atoms with Gasteiger partial charge in [0.1, 0.15) is 0 Å². The van der Waals surface area contributed by atoms with Gasteiger partial charge in [0.15, 0.2) is 16.6 Å². The number of piperidine rings is 1. The first kappa shape index (κ1) is 31.0. The van der Waals surface area contributed by atoms with E-state index in [1.165, 1.54) is 14.2 Å². The average Bonchev–Trinajstić information content (AvgIpc) is 2.92. The molecule has 1 unspecified atom stereocenters. The van der Waals surface area contributed by atoms with Gasteiger partial charge in [0.25, 0.3) is 0 Å². The number of hydrogen-bond acceptors (Lipinski definition) is 8. The minimum atomic E-state index is -1.57. The monoisotopic (exact) mass is 581 g/mol. The van der Waals surface area contributed by atoms with Crippen LogP contribution in [0.1, 0.15) is 43.2 Å². The standard InChI is InChI=1S/C32H44N3O5P/c1-30(2,3)41-25(21-11-15-23(16-12-21)33(4)5)31(28(37)39-9)19-35(8)20-32(27(31)36,29(38)40-10)26(41)22-13-17-24(18-14-22)34(6)7/h11-18,25-26H,19-20H2,1-10H3/t25-,26+,31-,32+,41?. The van der Waals surface area contributed by atoms with Crippen LogP contribution in [0.5, 0.6) is 0 Å². The molecule has 0 radical (unpaired) electrons. The molecule has 2 bridgehead atoms. The van der Waals surface area contributed by atoms with Gasteiger partial charge >= 0.3 is 11.9 Å². The number of fused-ring (bicyclic) bond motifs is 2. The highest BCUT2D eigenvalue weighted by Gasteiger charge is 2.76. The number of carbonyl (C=O) groups is 3. The maximum absolute atomic E-state index is 15.2. The molecule has 2 aromatic carbocycles. The summed E-state index contributed by atoms with van der Waals surface area (Å²) in [6.07, 6.45) is 0. The molecule has 2 aliphatic heterocycles. The molecule has 41 heavy (non-hydrogen) atoms. The molecule has 0 spiro atoms. The smallest absolute Gasteiger partial charge is 0.321 e. The molecule has 0 aromatic heterocycles. The highest BCUT2D eigenvalue weighted by Crippen LogP contribution is 2.82. The summed E-state index contributed by atoms with van der Waals surface area (Å²) < 4.78 is 10.9. The lowest BCUT2D eigenvalue weighted by molar-refractivity contribution is -0.179. The summed E-state index contributed by atoms with van der Waals surface area (Å²) in [5.74, 6) is -1.59. The van der Waals surface area contributed by atoms with E-state index in [1.54, 1.807) is 0 Å². The van der Waals surface area contributed by atoms with Crippen molar-refractivity contribution in [3.63, 3.8) is 0 Å². The Morgan fingerprint density at radius 1 is 0.780 bits per heavy atom. The van der Waals surface area contributed by atoms with Crippen LogP contribution in [0, 0.1) is 10.8 Å². The number of esters is 2. The van der Waals surface area contributed by atoms with Gasteiger partial charge in [-0.3, -0.25) is 14.4 Å². The lowest BCUT2D eigenvalue weighted by Crippen LogP contribution is -2.71. The van der Waals surface area contributed by atoms with Crippen LogP contribution in [0.3, 0.4) is 0 Å². The van der Waals surface area contributed by atoms with Crippen molar-refractivity contribution in [1.29, 1.82) is 0 Å². The highest BCUT2D eigenvalue weighted by atomic mass is 31.1. The summed E-state index contributed by atoms with van der Waals surface area (Å²) in [6, 6.07) is 16.2. The van der Waals surface area contributed by atoms with Gasteiger partial charge in [0.05, 0.1) is 14.2 Å². The summed E-state index contributed by atoms with van der Waals surface area (Å²) >= 11 is 0. The van der Waals surface area contributed by atoms with Crippen LogP contribution in [0.4, 0.5) is 11.4 Å². The number of nitrogens with zero attached hydrogens (tertiary/aromatic N) is 3. The predicted octanol–water partition coefficient (Wildman–Crippen LogP) is 4.73. The minimum absolute atomic E-state index is 0.165. The number of ether oxygens (including phenoxy) is 2. The van der Waals surface area contributed by atoms with Crippen LogP contribution in [0.25, 0.3) is 0 Å². The van der Waals surface area contributed by atoms with Gasteiger partial charge in [-0.05, 0) is 47.6 Å². The van der Waals surface area contributed by atoms with Gasteiger partial charge in [-0.15, -0.1) is 0 Å². The van der Waals surface area contributed by atoms with E-state index in [0.717, 1.165) is 22.5 Å². The number of anilines is 2. The number of methoxy groups -OCH3 is 2. The maximum Gasteiger partial charge on any atom is 0.321 e. The Hall–Kier alpha value is -2.96. The van der Waals surface area contributed by atoms with Crippen molar-refractivity contribution in [2.75, 3.05) is 72.3 Å². The van der Waals surface area contributed by atoms with E-state index in [2.05, 4.69) is 20.8 Å². The topological polar surface area (TPSA) is 79.4 Å². The van der Waals surface area contributed by atoms with Gasteiger partial charge in [-0.25, -0.2) is 0 Å². The summed E-state index contributed by atoms with van der Waals surface area (Å²) in [6.45, 7) is 6.81. The number of rotatable bonds is 6. The molecule has 0 N–H and O–H groups in total. The molecule has 2 fully saturated rings. The SMILES string of the molecule is COC(=O)[C@]12CN(C)C[C@](C(=O)OC)(C1=O)[C@@H](c1ccc(N(C)C)cc1)P(C(C)(C)C)[C@H]2c1ccc(N(C)C)cc1. The molecule has 9 heteroatoms. The molecule has 2 aliphatic rings. The molecule has 0 aliphatic carbocycles. The fourth-order valence-corrected chi connectivity index (χ4v) is 11.4. The van der Waals surface area contributed by atoms with Gasteiger partial charge in [-0.1, -0.05) is 53.0 Å². The largest absolute Gasteiger partial charge is 0.468 e. The molecule has 2 aromatic rings. The molecule has 222 valence electrons. The number of likely N-dealkylation sites (tertiary alicyclic amines) is 1. The Balaban J connectivity index is 2.13. The van der Waals surface area contributed by atoms with E-state index >= 15 is 4.79 Å². The zero-order valence-electron chi connectivity index (χ0n) is 26.0. The number of carbonyl (C=O) groups excluding carboxylic acids is 3. The van der Waals surface area contributed by atoms with E-state index < -0.39 is 47.8 Å². The van der Waals surface area contributed by atoms with Crippen molar-refractivity contribution in [3.05, 3.63) is 59.7 Å². The molecule has 5 atom stereocenters. The molecule has 4 rings (SSSR count). The molecule has 0 saturated carbocycles. The van der Waals surface area contributed by atoms with E-state index in [0.29, 0.717) is 0 Å². The quantitative estimate of drug-likeness (QED) is 0.275. The Kier molecular flexibility index (Phi) is 8.34. The second-order valence-electron chi connectivity index (χ2n) is 12.8. The summed E-state index contributed by atoms with van der Waals surface area (Å²) in [5, 5.41) is -0.361. The first-order valence-electron chi connectivity index (χ1n) is 13.9. The molecular formula is C32H44N3O5P. The van der Waals surface area contributed by atoms with Crippen molar-refractivity contribution in [2.45, 2.75) is 37.2 Å². The first-order valence-corrected chi connectivity index (χ1v) is 15.4. The van der Waals surface area contributed by atoms with Crippen LogP contribution in [-0.4, -0.2) is 90.3 Å². The van der Waals surface area contributed by atoms with Gasteiger partial charge in [0, 0.05) is 64.0 Å². The minimum Gasteiger partial charge on any atom is -0.468 e. The first-order chi connectivity index (χ1) is 19.2. The Bertz CT molecular complexity index is 1210. The normalized spacial score (nSPS) is 28.1. The summed E-state index contributed by atoms with van der Waals surface area (Å²) in [7, 11) is 11.2. The number of hydrogen-bond donors (Lipinski definition) is 0. The van der Waals surface area contributed by atoms with Crippen molar-refractivity contribution < 1.29 is 23.9 Å². The average molecular weight is 582 g/mol. The fourth-order valence-electron chi connectivity index (χ4n) is 6.97. The molecule has 8 nitrogen and oxygen atoms in total. The third-order valence-corrected chi connectivity index (χ3v) is 12.8. The lowest BCUT2D eigenvalue weighted by atomic mass is 9.60. The lowest BCUT2D eigenvalue weighted by Gasteiger charge is -2.63. The van der Waals surface area contributed by atoms with Crippen LogP contribution in [0.2, 0.25) is 0 Å². The van der Waals surface area contributed by atoms with Crippen LogP contribution in [0.15, 0.2) is 48.5 Å². The fraction of sp³-hybridized carbons (Fsp3) is 0.531. The highest BCUT2D eigenvalue weighted by molar-refractivity contribution is 7.60. The van der Waals surface area contributed by atoms with Crippen molar-refractivity contribution in [3.8, 4) is 0 Å². The maximum atomic E-state index is 15.2. The van der Waals surface area contributed by atoms with Crippen molar-refractivity contribution in [2.24, 2.45) is 10.8 Å². The second-order valence-corrected chi connectivity index (χ2v) is 16.0. The summed E-state index contributed by atoms with van der Waals surface area (Å²) in [4.78, 5) is 49.3. The molecule has 2 heterocycles. The Morgan fingerprint density at radius 2 is 1.12 bits per heavy atom. The number of benzene rings is 2. The van der Waals surface area contributed by atoms with Crippen LogP contribution >= 0.6 is 7.92 Å². The van der Waals surface area contributed by atoms with Crippen LogP contribution in [-0.2, 0) is 23.9 Å². The van der Waals surface area contributed by atoms with E-state index in [4.69, 9.17) is 9.47 Å². The van der Waals surface area contributed by atoms with Crippen LogP contribution < -0.4 is 9.80 Å². The van der Waals surface area contributed by atoms with Crippen molar-refractivity contribution in [1.82, 2.24) is 4.90 Å². The van der Waals surface area contributed by atoms with Gasteiger partial charge in [-0.2, -0.15) is 0 Å². The number of Topliss-reactive ketones (excluding diaryl/α,β-unsaturated/α-hetero) is 1. The Morgan fingerprint density at radius 3 is 1.39 bits per heavy atom. The van der Waals surface area contributed by atoms with E-state index in [1.807, 2.05) is 98.5 Å². The van der Waals surface area contributed by atoms with Gasteiger partial charge < -0.3 is 24.2 Å². The summed E-state index contributed by atoms with van der Waals surface area (Å²) in [5.41, 5.74) is -0.297. The zero-order valence-corrected chi connectivity index (χ0v) is 26.9. The molecule has 0 amide bonds. The third kappa shape index (κ3) is 4.83. The zero-order chi connectivity index (χ0) is 30.5.